The maximum Gasteiger partial charge on any atom is 0.192 e. The molecule has 2 N–H and O–H groups in total. The highest BCUT2D eigenvalue weighted by atomic mass is 32.1. The standard InChI is InChI=1S/C28H33F2NO5S/c1-24-7-6-17(33)9-19(24)20(29)10-21-25(2)11-16-13-31(14-18-5-4-8-37-18)36-28(16,23(35)15-32)26(25,3)12-22(34)27(21,24)30/h4-9,16,20-22,32,34H,10-15H2,1-3H3. The van der Waals surface area contributed by atoms with E-state index < -0.39 is 58.1 Å². The van der Waals surface area contributed by atoms with Crippen molar-refractivity contribution < 1.29 is 33.4 Å². The lowest BCUT2D eigenvalue weighted by molar-refractivity contribution is -0.289. The zero-order chi connectivity index (χ0) is 26.6. The van der Waals surface area contributed by atoms with Crippen molar-refractivity contribution in [2.45, 2.75) is 70.1 Å². The molecular formula is C28H33F2NO5S. The number of hydrogen-bond acceptors (Lipinski definition) is 7. The molecule has 9 unspecified atom stereocenters. The summed E-state index contributed by atoms with van der Waals surface area (Å²) >= 11 is 1.57. The number of ketones is 2. The van der Waals surface area contributed by atoms with Crippen LogP contribution in [-0.4, -0.2) is 63.5 Å². The highest BCUT2D eigenvalue weighted by Crippen LogP contribution is 2.77. The Labute approximate surface area is 218 Å². The third-order valence-corrected chi connectivity index (χ3v) is 11.8. The molecule has 200 valence electrons. The molecule has 0 spiro atoms. The number of aliphatic hydroxyl groups is 2. The lowest BCUT2D eigenvalue weighted by atomic mass is 9.39. The van der Waals surface area contributed by atoms with Gasteiger partial charge in [0.05, 0.1) is 12.6 Å². The summed E-state index contributed by atoms with van der Waals surface area (Å²) in [5, 5.41) is 25.4. The fourth-order valence-corrected chi connectivity index (χ4v) is 9.77. The first-order chi connectivity index (χ1) is 17.4. The van der Waals surface area contributed by atoms with E-state index in [9.17, 15) is 19.8 Å². The lowest BCUT2D eigenvalue weighted by Crippen LogP contribution is -2.73. The van der Waals surface area contributed by atoms with Crippen LogP contribution in [0.1, 0.15) is 44.9 Å². The Morgan fingerprint density at radius 3 is 2.73 bits per heavy atom. The van der Waals surface area contributed by atoms with Crippen LogP contribution in [0.5, 0.6) is 0 Å². The van der Waals surface area contributed by atoms with Crippen molar-refractivity contribution in [2.75, 3.05) is 13.2 Å². The van der Waals surface area contributed by atoms with Crippen molar-refractivity contribution >= 4 is 22.9 Å². The molecule has 9 atom stereocenters. The molecule has 5 aliphatic rings. The Hall–Kier alpha value is -1.78. The number of rotatable bonds is 4. The van der Waals surface area contributed by atoms with Crippen molar-refractivity contribution in [3.05, 3.63) is 46.2 Å². The summed E-state index contributed by atoms with van der Waals surface area (Å²) in [6.45, 7) is 5.46. The van der Waals surface area contributed by atoms with E-state index in [1.165, 1.54) is 18.2 Å². The number of carbonyl (C=O) groups excluding carboxylic acids is 2. The molecule has 0 bridgehead atoms. The third kappa shape index (κ3) is 2.87. The number of halogens is 2. The van der Waals surface area contributed by atoms with Gasteiger partial charge in [-0.2, -0.15) is 5.06 Å². The summed E-state index contributed by atoms with van der Waals surface area (Å²) in [5.41, 5.74) is -7.12. The van der Waals surface area contributed by atoms with Crippen molar-refractivity contribution in [3.63, 3.8) is 0 Å². The SMILES string of the molecule is CC12C=CC(=O)C=C1C(F)CC1C3(C)CC4CN(Cc5cccs5)OC4(C(=O)CO)C3(C)CC(O)C12F. The van der Waals surface area contributed by atoms with Crippen molar-refractivity contribution in [1.82, 2.24) is 5.06 Å². The normalized spacial score (nSPS) is 48.7. The summed E-state index contributed by atoms with van der Waals surface area (Å²) in [5.74, 6) is -2.17. The average molecular weight is 534 g/mol. The number of aliphatic hydroxyl groups excluding tert-OH is 2. The van der Waals surface area contributed by atoms with Crippen LogP contribution >= 0.6 is 11.3 Å². The molecule has 37 heavy (non-hydrogen) atoms. The fraction of sp³-hybridized carbons (Fsp3) is 0.643. The van der Waals surface area contributed by atoms with Gasteiger partial charge in [-0.1, -0.05) is 26.0 Å². The Morgan fingerprint density at radius 2 is 2.05 bits per heavy atom. The molecule has 4 aliphatic carbocycles. The van der Waals surface area contributed by atoms with Crippen LogP contribution in [0.25, 0.3) is 0 Å². The molecule has 0 amide bonds. The summed E-state index contributed by atoms with van der Waals surface area (Å²) in [7, 11) is 0. The Bertz CT molecular complexity index is 1220. The first-order valence-electron chi connectivity index (χ1n) is 12.9. The zero-order valence-corrected chi connectivity index (χ0v) is 22.1. The van der Waals surface area contributed by atoms with Crippen LogP contribution in [0.2, 0.25) is 0 Å². The van der Waals surface area contributed by atoms with Gasteiger partial charge in [0.15, 0.2) is 22.8 Å². The van der Waals surface area contributed by atoms with Crippen molar-refractivity contribution in [2.24, 2.45) is 28.1 Å². The van der Waals surface area contributed by atoms with Crippen LogP contribution < -0.4 is 0 Å². The van der Waals surface area contributed by atoms with Crippen molar-refractivity contribution in [3.8, 4) is 0 Å². The number of fused-ring (bicyclic) bond motifs is 7. The third-order valence-electron chi connectivity index (χ3n) is 10.9. The molecule has 9 heteroatoms. The van der Waals surface area contributed by atoms with Gasteiger partial charge >= 0.3 is 0 Å². The molecule has 1 saturated heterocycles. The zero-order valence-electron chi connectivity index (χ0n) is 21.2. The van der Waals surface area contributed by atoms with Crippen LogP contribution in [0.15, 0.2) is 41.3 Å². The lowest BCUT2D eigenvalue weighted by Gasteiger charge is -2.67. The summed E-state index contributed by atoms with van der Waals surface area (Å²) < 4.78 is 33.4. The largest absolute Gasteiger partial charge is 0.390 e. The number of alkyl halides is 2. The number of thiophene rings is 1. The van der Waals surface area contributed by atoms with Crippen LogP contribution in [0.4, 0.5) is 8.78 Å². The monoisotopic (exact) mass is 533 g/mol. The Balaban J connectivity index is 1.46. The summed E-state index contributed by atoms with van der Waals surface area (Å²) in [6.07, 6.45) is 0.869. The van der Waals surface area contributed by atoms with E-state index in [0.717, 1.165) is 4.88 Å². The Morgan fingerprint density at radius 1 is 1.30 bits per heavy atom. The minimum atomic E-state index is -2.24. The second-order valence-electron chi connectivity index (χ2n) is 12.2. The first kappa shape index (κ1) is 25.5. The van der Waals surface area contributed by atoms with Crippen LogP contribution in [0, 0.1) is 28.1 Å². The Kier molecular flexibility index (Phi) is 5.43. The van der Waals surface area contributed by atoms with Gasteiger partial charge in [-0.3, -0.25) is 14.4 Å². The van der Waals surface area contributed by atoms with E-state index in [-0.39, 0.29) is 30.1 Å². The molecule has 6 rings (SSSR count). The van der Waals surface area contributed by atoms with Gasteiger partial charge in [0.1, 0.15) is 12.8 Å². The molecule has 6 nitrogen and oxygen atoms in total. The molecule has 0 aromatic carbocycles. The van der Waals surface area contributed by atoms with E-state index in [0.29, 0.717) is 19.5 Å². The minimum absolute atomic E-state index is 0.0720. The van der Waals surface area contributed by atoms with Gasteiger partial charge in [0.2, 0.25) is 0 Å². The molecule has 4 fully saturated rings. The number of allylic oxidation sites excluding steroid dienone is 4. The van der Waals surface area contributed by atoms with E-state index in [2.05, 4.69) is 0 Å². The van der Waals surface area contributed by atoms with Gasteiger partial charge in [-0.05, 0) is 60.8 Å². The van der Waals surface area contributed by atoms with E-state index in [1.807, 2.05) is 31.4 Å². The number of carbonyl (C=O) groups is 2. The average Bonchev–Trinajstić information content (AvgIpc) is 3.53. The molecule has 0 radical (unpaired) electrons. The van der Waals surface area contributed by atoms with Crippen molar-refractivity contribution in [1.29, 1.82) is 0 Å². The number of hydrogen-bond donors (Lipinski definition) is 2. The number of nitrogens with zero attached hydrogens (tertiary/aromatic N) is 1. The quantitative estimate of drug-likeness (QED) is 0.614. The number of hydroxylamine groups is 2. The molecule has 2 heterocycles. The second kappa shape index (κ2) is 7.88. The predicted octanol–water partition coefficient (Wildman–Crippen LogP) is 3.73. The van der Waals surface area contributed by atoms with Crippen LogP contribution in [-0.2, 0) is 21.0 Å². The molecular weight excluding hydrogens is 500 g/mol. The summed E-state index contributed by atoms with van der Waals surface area (Å²) in [6, 6.07) is 3.92. The molecule has 1 aromatic heterocycles. The van der Waals surface area contributed by atoms with Gasteiger partial charge in [-0.15, -0.1) is 11.3 Å². The van der Waals surface area contributed by atoms with Gasteiger partial charge < -0.3 is 10.2 Å². The van der Waals surface area contributed by atoms with Crippen LogP contribution in [0.3, 0.4) is 0 Å². The maximum atomic E-state index is 17.6. The smallest absolute Gasteiger partial charge is 0.192 e. The molecule has 1 aliphatic heterocycles. The fourth-order valence-electron chi connectivity index (χ4n) is 9.06. The minimum Gasteiger partial charge on any atom is -0.390 e. The van der Waals surface area contributed by atoms with Gasteiger partial charge in [0, 0.05) is 34.1 Å². The van der Waals surface area contributed by atoms with E-state index in [1.54, 1.807) is 23.3 Å². The molecule has 1 aromatic rings. The van der Waals surface area contributed by atoms with Gasteiger partial charge in [0.25, 0.3) is 0 Å². The topological polar surface area (TPSA) is 87.1 Å². The van der Waals surface area contributed by atoms with E-state index >= 15 is 8.78 Å². The number of Topliss-reactive ketones (excluding diaryl/α,β-unsaturated/α-hetero) is 1. The first-order valence-corrected chi connectivity index (χ1v) is 13.8. The molecule has 3 saturated carbocycles. The highest BCUT2D eigenvalue weighted by Gasteiger charge is 2.83. The van der Waals surface area contributed by atoms with Gasteiger partial charge in [-0.25, -0.2) is 8.78 Å². The maximum absolute atomic E-state index is 17.6. The summed E-state index contributed by atoms with van der Waals surface area (Å²) in [4.78, 5) is 33.2. The second-order valence-corrected chi connectivity index (χ2v) is 13.3. The highest BCUT2D eigenvalue weighted by molar-refractivity contribution is 7.09. The predicted molar refractivity (Wildman–Crippen MR) is 133 cm³/mol. The van der Waals surface area contributed by atoms with E-state index in [4.69, 9.17) is 4.84 Å².